The van der Waals surface area contributed by atoms with Gasteiger partial charge in [-0.25, -0.2) is 4.79 Å². The van der Waals surface area contributed by atoms with Gasteiger partial charge in [0.05, 0.1) is 12.5 Å². The van der Waals surface area contributed by atoms with Crippen LogP contribution in [-0.2, 0) is 22.4 Å². The molecule has 8 nitrogen and oxygen atoms in total. The summed E-state index contributed by atoms with van der Waals surface area (Å²) in [5.41, 5.74) is 0.346. The van der Waals surface area contributed by atoms with Crippen molar-refractivity contribution in [3.05, 3.63) is 66.9 Å². The smallest absolute Gasteiger partial charge is 0.330 e. The molecule has 1 fully saturated rings. The van der Waals surface area contributed by atoms with Crippen molar-refractivity contribution in [2.45, 2.75) is 44.6 Å². The number of carbonyl (C=O) groups excluding carboxylic acids is 1. The number of aromatic nitrogens is 2. The van der Waals surface area contributed by atoms with Gasteiger partial charge in [0.2, 0.25) is 5.91 Å². The number of benzene rings is 1. The molecule has 156 valence electrons. The second kappa shape index (κ2) is 9.06. The number of nitrogens with one attached hydrogen (secondary N) is 1. The molecule has 1 unspecified atom stereocenters. The number of halogens is 1. The molecule has 3 atom stereocenters. The first-order valence-corrected chi connectivity index (χ1v) is 10.2. The topological polar surface area (TPSA) is 105 Å². The van der Waals surface area contributed by atoms with Gasteiger partial charge in [-0.3, -0.25) is 19.1 Å². The van der Waals surface area contributed by atoms with Crippen molar-refractivity contribution in [3.63, 3.8) is 0 Å². The predicted molar refractivity (Wildman–Crippen MR) is 111 cm³/mol. The summed E-state index contributed by atoms with van der Waals surface area (Å²) in [5.74, 6) is -0.106. The van der Waals surface area contributed by atoms with E-state index in [9.17, 15) is 19.5 Å². The number of hydrogen-bond acceptors (Lipinski definition) is 5. The lowest BCUT2D eigenvalue weighted by molar-refractivity contribution is -0.132. The summed E-state index contributed by atoms with van der Waals surface area (Å²) in [4.78, 5) is 40.3. The van der Waals surface area contributed by atoms with Crippen molar-refractivity contribution in [1.29, 1.82) is 0 Å². The molecule has 1 aliphatic rings. The molecule has 1 amide bonds. The Bertz CT molecular complexity index is 1000. The van der Waals surface area contributed by atoms with E-state index in [1.807, 2.05) is 31.2 Å². The summed E-state index contributed by atoms with van der Waals surface area (Å²) in [7, 11) is 1.66. The Balaban J connectivity index is 1.67. The first-order valence-electron chi connectivity index (χ1n) is 9.45. The van der Waals surface area contributed by atoms with Gasteiger partial charge in [-0.05, 0) is 18.1 Å². The minimum Gasteiger partial charge on any atom is -0.390 e. The third-order valence-electron chi connectivity index (χ3n) is 5.12. The monoisotopic (exact) mass is 465 g/mol. The van der Waals surface area contributed by atoms with Crippen LogP contribution in [0, 0.1) is 0 Å². The molecular weight excluding hydrogens is 442 g/mol. The molecule has 1 saturated heterocycles. The lowest BCUT2D eigenvalue weighted by Gasteiger charge is -2.23. The number of likely N-dealkylation sites (N-methyl/N-ethyl adjacent to an activating group) is 1. The van der Waals surface area contributed by atoms with Gasteiger partial charge < -0.3 is 14.7 Å². The number of rotatable bonds is 6. The number of aliphatic hydroxyl groups excluding tert-OH is 1. The maximum absolute atomic E-state index is 12.6. The van der Waals surface area contributed by atoms with Gasteiger partial charge in [-0.2, -0.15) is 0 Å². The average Bonchev–Trinajstić information content (AvgIpc) is 3.03. The number of aromatic amines is 1. The molecule has 0 saturated carbocycles. The summed E-state index contributed by atoms with van der Waals surface area (Å²) >= 11 is 3.44. The van der Waals surface area contributed by atoms with E-state index in [4.69, 9.17) is 4.74 Å². The zero-order valence-electron chi connectivity index (χ0n) is 16.3. The molecule has 3 rings (SSSR count). The first kappa shape index (κ1) is 21.5. The van der Waals surface area contributed by atoms with E-state index in [1.54, 1.807) is 7.05 Å². The summed E-state index contributed by atoms with van der Waals surface area (Å²) in [6, 6.07) is 7.51. The molecule has 2 aromatic rings. The van der Waals surface area contributed by atoms with Gasteiger partial charge in [-0.15, -0.1) is 0 Å². The summed E-state index contributed by atoms with van der Waals surface area (Å²) in [6.07, 6.45) is 0.217. The molecule has 0 radical (unpaired) electrons. The quantitative estimate of drug-likeness (QED) is 0.666. The highest BCUT2D eigenvalue weighted by Gasteiger charge is 2.36. The summed E-state index contributed by atoms with van der Waals surface area (Å²) < 4.78 is 8.02. The minimum absolute atomic E-state index is 0.106. The Kier molecular flexibility index (Phi) is 6.71. The van der Waals surface area contributed by atoms with Crippen LogP contribution in [0.15, 0.2) is 44.5 Å². The van der Waals surface area contributed by atoms with Crippen molar-refractivity contribution >= 4 is 21.8 Å². The van der Waals surface area contributed by atoms with Crippen LogP contribution in [0.5, 0.6) is 0 Å². The maximum atomic E-state index is 12.6. The fourth-order valence-electron chi connectivity index (χ4n) is 3.35. The SMILES string of the molecule is CCc1cn([C@@H]2CC(O)[C@H](CN(C)C(=O)Cc3ccccc3Br)O2)c(=O)[nH]c1=O. The minimum atomic E-state index is -0.831. The van der Waals surface area contributed by atoms with Crippen molar-refractivity contribution in [2.75, 3.05) is 13.6 Å². The van der Waals surface area contributed by atoms with Crippen LogP contribution in [0.3, 0.4) is 0 Å². The van der Waals surface area contributed by atoms with Crippen molar-refractivity contribution in [1.82, 2.24) is 14.5 Å². The third-order valence-corrected chi connectivity index (χ3v) is 5.89. The standard InChI is InChI=1S/C20H24BrN3O5/c1-3-12-10-24(20(28)22-19(12)27)18-9-15(25)16(29-18)11-23(2)17(26)8-13-6-4-5-7-14(13)21/h4-7,10,15-16,18,25H,3,8-9,11H2,1-2H3,(H,22,27,28)/t15?,16-,18-/m0/s1. The largest absolute Gasteiger partial charge is 0.390 e. The number of carbonyl (C=O) groups is 1. The number of ether oxygens (including phenoxy) is 1. The highest BCUT2D eigenvalue weighted by atomic mass is 79.9. The van der Waals surface area contributed by atoms with Gasteiger partial charge >= 0.3 is 5.69 Å². The molecule has 0 aliphatic carbocycles. The number of amides is 1. The Morgan fingerprint density at radius 2 is 2.07 bits per heavy atom. The predicted octanol–water partition coefficient (Wildman–Crippen LogP) is 1.21. The van der Waals surface area contributed by atoms with Crippen LogP contribution in [0.2, 0.25) is 0 Å². The molecular formula is C20H24BrN3O5. The van der Waals surface area contributed by atoms with Crippen LogP contribution >= 0.6 is 15.9 Å². The zero-order chi connectivity index (χ0) is 21.1. The molecule has 0 bridgehead atoms. The lowest BCUT2D eigenvalue weighted by atomic mass is 10.1. The summed E-state index contributed by atoms with van der Waals surface area (Å²) in [6.45, 7) is 2.01. The van der Waals surface area contributed by atoms with E-state index in [-0.39, 0.29) is 25.3 Å². The van der Waals surface area contributed by atoms with E-state index in [2.05, 4.69) is 20.9 Å². The van der Waals surface area contributed by atoms with Crippen molar-refractivity contribution < 1.29 is 14.6 Å². The molecule has 9 heteroatoms. The molecule has 0 spiro atoms. The summed E-state index contributed by atoms with van der Waals surface area (Å²) in [5, 5.41) is 10.4. The van der Waals surface area contributed by atoms with Crippen molar-refractivity contribution in [2.24, 2.45) is 0 Å². The van der Waals surface area contributed by atoms with Crippen LogP contribution < -0.4 is 11.2 Å². The lowest BCUT2D eigenvalue weighted by Crippen LogP contribution is -2.39. The number of H-pyrrole nitrogens is 1. The van der Waals surface area contributed by atoms with Crippen LogP contribution in [0.4, 0.5) is 0 Å². The molecule has 29 heavy (non-hydrogen) atoms. The van der Waals surface area contributed by atoms with Crippen LogP contribution in [-0.4, -0.2) is 51.3 Å². The second-order valence-corrected chi connectivity index (χ2v) is 8.00. The zero-order valence-corrected chi connectivity index (χ0v) is 17.9. The van der Waals surface area contributed by atoms with Crippen molar-refractivity contribution in [3.8, 4) is 0 Å². The molecule has 1 aromatic heterocycles. The van der Waals surface area contributed by atoms with Gasteiger partial charge in [0.1, 0.15) is 12.3 Å². The number of aliphatic hydroxyl groups is 1. The maximum Gasteiger partial charge on any atom is 0.330 e. The molecule has 1 aliphatic heterocycles. The normalized spacial score (nSPS) is 21.3. The third kappa shape index (κ3) is 4.85. The Labute approximate surface area is 176 Å². The van der Waals surface area contributed by atoms with Gasteiger partial charge in [0.15, 0.2) is 0 Å². The first-order chi connectivity index (χ1) is 13.8. The molecule has 1 aromatic carbocycles. The second-order valence-electron chi connectivity index (χ2n) is 7.15. The Hall–Kier alpha value is -2.23. The van der Waals surface area contributed by atoms with E-state index in [1.165, 1.54) is 15.7 Å². The highest BCUT2D eigenvalue weighted by molar-refractivity contribution is 9.10. The van der Waals surface area contributed by atoms with Gasteiger partial charge in [0, 0.05) is 36.2 Å². The van der Waals surface area contributed by atoms with Crippen LogP contribution in [0.25, 0.3) is 0 Å². The number of aryl methyl sites for hydroxylation is 1. The number of hydrogen-bond donors (Lipinski definition) is 2. The fraction of sp³-hybridized carbons (Fsp3) is 0.450. The molecule has 2 heterocycles. The van der Waals surface area contributed by atoms with Crippen LogP contribution in [0.1, 0.15) is 30.7 Å². The Morgan fingerprint density at radius 3 is 2.76 bits per heavy atom. The van der Waals surface area contributed by atoms with E-state index < -0.39 is 29.7 Å². The van der Waals surface area contributed by atoms with E-state index in [0.717, 1.165) is 10.0 Å². The highest BCUT2D eigenvalue weighted by Crippen LogP contribution is 2.28. The molecule has 2 N–H and O–H groups in total. The number of nitrogens with zero attached hydrogens (tertiary/aromatic N) is 2. The Morgan fingerprint density at radius 1 is 1.34 bits per heavy atom. The van der Waals surface area contributed by atoms with E-state index >= 15 is 0 Å². The average molecular weight is 466 g/mol. The van der Waals surface area contributed by atoms with Gasteiger partial charge in [0.25, 0.3) is 5.56 Å². The fourth-order valence-corrected chi connectivity index (χ4v) is 3.78. The van der Waals surface area contributed by atoms with Gasteiger partial charge in [-0.1, -0.05) is 41.1 Å². The van der Waals surface area contributed by atoms with E-state index in [0.29, 0.717) is 12.0 Å².